The summed E-state index contributed by atoms with van der Waals surface area (Å²) in [6.45, 7) is 7.63. The van der Waals surface area contributed by atoms with E-state index in [9.17, 15) is 26.3 Å². The molecule has 2 aliphatic rings. The maximum Gasteiger partial charge on any atom is 0.416 e. The largest absolute Gasteiger partial charge is 0.416 e. The molecular weight excluding hydrogens is 597 g/mol. The highest BCUT2D eigenvalue weighted by atomic mass is 19.4. The number of fused-ring (bicyclic) bond motifs is 2. The molecule has 3 heterocycles. The topological polar surface area (TPSA) is 33.4 Å². The van der Waals surface area contributed by atoms with Crippen LogP contribution in [0.4, 0.5) is 36.4 Å². The molecule has 11 heteroatoms. The Kier molecular flexibility index (Phi) is 7.46. The minimum atomic E-state index is -4.99. The zero-order chi connectivity index (χ0) is 32.5. The number of aliphatic imine (C=N–C) groups is 1. The Morgan fingerprint density at radius 2 is 1.56 bits per heavy atom. The Hall–Kier alpha value is -3.99. The molecule has 4 nitrogen and oxygen atoms in total. The molecule has 0 N–H and O–H groups in total. The lowest BCUT2D eigenvalue weighted by Crippen LogP contribution is -2.36. The van der Waals surface area contributed by atoms with E-state index in [-0.39, 0.29) is 30.4 Å². The standard InChI is InChI=1S/C34H31F7N4/c1-5-19-8-7-9-20(6-2)29(19)45-30(23-14-21-12-13-42-28(21)27(35)15-23)25-18-44(32(3,4)31(25)43-45)17-22-10-11-24(33(36,37)38)16-26(22)34(39,40)41/h7-11,13-16H,5-6,12,17-18H2,1-4H3. The molecule has 0 bridgehead atoms. The molecule has 0 amide bonds. The van der Waals surface area contributed by atoms with E-state index in [4.69, 9.17) is 5.10 Å². The summed E-state index contributed by atoms with van der Waals surface area (Å²) >= 11 is 0. The maximum absolute atomic E-state index is 15.4. The average molecular weight is 629 g/mol. The minimum absolute atomic E-state index is 0.154. The first kappa shape index (κ1) is 31.0. The zero-order valence-electron chi connectivity index (χ0n) is 25.2. The molecule has 6 rings (SSSR count). The lowest BCUT2D eigenvalue weighted by Gasteiger charge is -2.33. The van der Waals surface area contributed by atoms with Gasteiger partial charge in [0, 0.05) is 36.9 Å². The normalized spacial score (nSPS) is 16.0. The van der Waals surface area contributed by atoms with Crippen molar-refractivity contribution in [2.75, 3.05) is 0 Å². The number of para-hydroxylation sites is 1. The lowest BCUT2D eigenvalue weighted by atomic mass is 9.96. The Balaban J connectivity index is 1.51. The fraction of sp³-hybridized carbons (Fsp3) is 0.353. The van der Waals surface area contributed by atoms with Crippen LogP contribution < -0.4 is 0 Å². The number of rotatable bonds is 6. The summed E-state index contributed by atoms with van der Waals surface area (Å²) in [4.78, 5) is 5.94. The van der Waals surface area contributed by atoms with Crippen molar-refractivity contribution in [2.24, 2.45) is 4.99 Å². The minimum Gasteiger partial charge on any atom is -0.284 e. The number of nitrogens with zero attached hydrogens (tertiary/aromatic N) is 4. The van der Waals surface area contributed by atoms with E-state index < -0.39 is 34.8 Å². The van der Waals surface area contributed by atoms with Crippen molar-refractivity contribution in [3.05, 3.63) is 99.0 Å². The van der Waals surface area contributed by atoms with Gasteiger partial charge in [-0.1, -0.05) is 38.1 Å². The molecule has 2 aliphatic heterocycles. The third-order valence-corrected chi connectivity index (χ3v) is 8.93. The van der Waals surface area contributed by atoms with Gasteiger partial charge in [-0.05, 0) is 73.2 Å². The molecule has 0 spiro atoms. The molecule has 0 unspecified atom stereocenters. The fourth-order valence-corrected chi connectivity index (χ4v) is 6.52. The summed E-state index contributed by atoms with van der Waals surface area (Å²) in [5.41, 5.74) is 2.65. The summed E-state index contributed by atoms with van der Waals surface area (Å²) in [6, 6.07) is 11.1. The van der Waals surface area contributed by atoms with E-state index in [0.29, 0.717) is 42.3 Å². The van der Waals surface area contributed by atoms with Crippen molar-refractivity contribution >= 4 is 11.9 Å². The lowest BCUT2D eigenvalue weighted by molar-refractivity contribution is -0.143. The van der Waals surface area contributed by atoms with Crippen molar-refractivity contribution < 1.29 is 30.7 Å². The maximum atomic E-state index is 15.4. The van der Waals surface area contributed by atoms with Crippen LogP contribution in [0.25, 0.3) is 16.9 Å². The van der Waals surface area contributed by atoms with Crippen molar-refractivity contribution in [1.82, 2.24) is 14.7 Å². The molecule has 4 aromatic rings. The molecule has 0 radical (unpaired) electrons. The Morgan fingerprint density at radius 3 is 2.18 bits per heavy atom. The summed E-state index contributed by atoms with van der Waals surface area (Å²) in [7, 11) is 0. The highest BCUT2D eigenvalue weighted by molar-refractivity contribution is 5.80. The van der Waals surface area contributed by atoms with E-state index >= 15 is 4.39 Å². The summed E-state index contributed by atoms with van der Waals surface area (Å²) < 4.78 is 99.4. The first-order chi connectivity index (χ1) is 21.1. The van der Waals surface area contributed by atoms with Crippen LogP contribution in [0.2, 0.25) is 0 Å². The van der Waals surface area contributed by atoms with Gasteiger partial charge in [-0.2, -0.15) is 31.4 Å². The predicted octanol–water partition coefficient (Wildman–Crippen LogP) is 9.35. The summed E-state index contributed by atoms with van der Waals surface area (Å²) in [5.74, 6) is -0.481. The fourth-order valence-electron chi connectivity index (χ4n) is 6.52. The van der Waals surface area contributed by atoms with E-state index in [1.807, 2.05) is 56.6 Å². The van der Waals surface area contributed by atoms with Crippen LogP contribution >= 0.6 is 0 Å². The second-order valence-electron chi connectivity index (χ2n) is 12.0. The SMILES string of the molecule is CCc1cccc(CC)c1-n1nc2c(c1-c1cc(F)c3c(c1)CC=N3)CN(Cc1ccc(C(F)(F)F)cc1C(F)(F)F)C2(C)C. The highest BCUT2D eigenvalue weighted by Crippen LogP contribution is 2.47. The highest BCUT2D eigenvalue weighted by Gasteiger charge is 2.45. The van der Waals surface area contributed by atoms with E-state index in [1.54, 1.807) is 11.1 Å². The van der Waals surface area contributed by atoms with Crippen molar-refractivity contribution in [3.63, 3.8) is 0 Å². The average Bonchev–Trinajstić information content (AvgIpc) is 3.66. The van der Waals surface area contributed by atoms with E-state index in [0.717, 1.165) is 34.0 Å². The number of alkyl halides is 6. The molecule has 0 aliphatic carbocycles. The third-order valence-electron chi connectivity index (χ3n) is 8.93. The predicted molar refractivity (Wildman–Crippen MR) is 158 cm³/mol. The summed E-state index contributed by atoms with van der Waals surface area (Å²) in [6.07, 6.45) is -6.36. The van der Waals surface area contributed by atoms with Crippen molar-refractivity contribution in [3.8, 4) is 16.9 Å². The molecule has 236 valence electrons. The molecule has 0 saturated carbocycles. The second kappa shape index (κ2) is 10.8. The molecule has 1 aromatic heterocycles. The van der Waals surface area contributed by atoms with Crippen molar-refractivity contribution in [1.29, 1.82) is 0 Å². The first-order valence-electron chi connectivity index (χ1n) is 14.8. The number of benzene rings is 3. The van der Waals surface area contributed by atoms with Gasteiger partial charge in [-0.25, -0.2) is 9.07 Å². The van der Waals surface area contributed by atoms with E-state index in [1.165, 1.54) is 6.07 Å². The molecule has 0 fully saturated rings. The number of hydrogen-bond donors (Lipinski definition) is 0. The first-order valence-corrected chi connectivity index (χ1v) is 14.8. The van der Waals surface area contributed by atoms with Crippen LogP contribution in [0.3, 0.4) is 0 Å². The third kappa shape index (κ3) is 5.24. The summed E-state index contributed by atoms with van der Waals surface area (Å²) in [5, 5.41) is 5.09. The number of aryl methyl sites for hydroxylation is 2. The van der Waals surface area contributed by atoms with Gasteiger partial charge < -0.3 is 0 Å². The van der Waals surface area contributed by atoms with Gasteiger partial charge in [0.05, 0.1) is 33.7 Å². The molecule has 0 atom stereocenters. The van der Waals surface area contributed by atoms with Crippen LogP contribution in [0.15, 0.2) is 53.5 Å². The van der Waals surface area contributed by atoms with Crippen molar-refractivity contribution in [2.45, 2.75) is 77.9 Å². The number of aromatic nitrogens is 2. The molecule has 45 heavy (non-hydrogen) atoms. The van der Waals surface area contributed by atoms with Crippen LogP contribution in [0.5, 0.6) is 0 Å². The van der Waals surface area contributed by atoms with Gasteiger partial charge in [-0.15, -0.1) is 0 Å². The van der Waals surface area contributed by atoms with Crippen LogP contribution in [0, 0.1) is 5.82 Å². The second-order valence-corrected chi connectivity index (χ2v) is 12.0. The van der Waals surface area contributed by atoms with Gasteiger partial charge in [0.15, 0.2) is 0 Å². The smallest absolute Gasteiger partial charge is 0.284 e. The quantitative estimate of drug-likeness (QED) is 0.200. The number of hydrogen-bond acceptors (Lipinski definition) is 3. The van der Waals surface area contributed by atoms with Crippen LogP contribution in [-0.2, 0) is 50.2 Å². The van der Waals surface area contributed by atoms with Gasteiger partial charge in [-0.3, -0.25) is 9.89 Å². The van der Waals surface area contributed by atoms with Gasteiger partial charge in [0.2, 0.25) is 0 Å². The van der Waals surface area contributed by atoms with Gasteiger partial charge in [0.1, 0.15) is 11.5 Å². The van der Waals surface area contributed by atoms with E-state index in [2.05, 4.69) is 4.99 Å². The van der Waals surface area contributed by atoms with Gasteiger partial charge >= 0.3 is 12.4 Å². The monoisotopic (exact) mass is 628 g/mol. The Labute approximate surface area is 256 Å². The molecule has 0 saturated heterocycles. The Bertz CT molecular complexity index is 1810. The van der Waals surface area contributed by atoms with Crippen LogP contribution in [-0.4, -0.2) is 20.9 Å². The Morgan fingerprint density at radius 1 is 0.867 bits per heavy atom. The zero-order valence-corrected chi connectivity index (χ0v) is 25.2. The molecule has 3 aromatic carbocycles. The van der Waals surface area contributed by atoms with Crippen LogP contribution in [0.1, 0.15) is 72.3 Å². The molecular formula is C34H31F7N4. The number of halogens is 7. The van der Waals surface area contributed by atoms with Gasteiger partial charge in [0.25, 0.3) is 0 Å².